The summed E-state index contributed by atoms with van der Waals surface area (Å²) in [6.07, 6.45) is 1.53. The Labute approximate surface area is 168 Å². The molecule has 0 spiro atoms. The quantitative estimate of drug-likeness (QED) is 0.461. The number of carbonyl (C=O) groups is 1. The molecule has 148 valence electrons. The highest BCUT2D eigenvalue weighted by atomic mass is 19.1. The molecular formula is C23H21FN2O3. The topological polar surface area (TPSA) is 59.9 Å². The molecule has 0 aromatic heterocycles. The molecule has 0 radical (unpaired) electrons. The van der Waals surface area contributed by atoms with Gasteiger partial charge in [0, 0.05) is 0 Å². The number of halogens is 1. The summed E-state index contributed by atoms with van der Waals surface area (Å²) in [5, 5.41) is 3.89. The van der Waals surface area contributed by atoms with Crippen LogP contribution in [0.2, 0.25) is 0 Å². The Kier molecular flexibility index (Phi) is 6.95. The molecule has 0 aliphatic heterocycles. The van der Waals surface area contributed by atoms with Gasteiger partial charge in [-0.3, -0.25) is 4.79 Å². The molecule has 0 bridgehead atoms. The maximum Gasteiger partial charge on any atom is 0.277 e. The fourth-order valence-electron chi connectivity index (χ4n) is 2.39. The van der Waals surface area contributed by atoms with Crippen molar-refractivity contribution in [3.63, 3.8) is 0 Å². The highest BCUT2D eigenvalue weighted by molar-refractivity contribution is 5.83. The summed E-state index contributed by atoms with van der Waals surface area (Å²) in [4.78, 5) is 11.7. The highest BCUT2D eigenvalue weighted by Gasteiger charge is 2.02. The Morgan fingerprint density at radius 2 is 1.55 bits per heavy atom. The van der Waals surface area contributed by atoms with Crippen LogP contribution < -0.4 is 14.9 Å². The van der Waals surface area contributed by atoms with Gasteiger partial charge in [-0.15, -0.1) is 0 Å². The molecule has 3 rings (SSSR count). The van der Waals surface area contributed by atoms with Gasteiger partial charge in [0.25, 0.3) is 5.91 Å². The maximum absolute atomic E-state index is 12.8. The van der Waals surface area contributed by atoms with Gasteiger partial charge < -0.3 is 9.47 Å². The van der Waals surface area contributed by atoms with Crippen LogP contribution in [0.15, 0.2) is 77.9 Å². The van der Waals surface area contributed by atoms with Gasteiger partial charge in [0.05, 0.1) is 6.21 Å². The maximum atomic E-state index is 12.8. The van der Waals surface area contributed by atoms with E-state index in [1.54, 1.807) is 0 Å². The monoisotopic (exact) mass is 392 g/mol. The molecule has 0 aliphatic rings. The van der Waals surface area contributed by atoms with E-state index < -0.39 is 5.91 Å². The van der Waals surface area contributed by atoms with E-state index in [1.807, 2.05) is 43.3 Å². The van der Waals surface area contributed by atoms with Crippen LogP contribution in [0.1, 0.15) is 16.7 Å². The van der Waals surface area contributed by atoms with E-state index in [-0.39, 0.29) is 12.4 Å². The number of aryl methyl sites for hydroxylation is 1. The molecule has 0 fully saturated rings. The molecule has 1 amide bonds. The Morgan fingerprint density at radius 3 is 2.24 bits per heavy atom. The van der Waals surface area contributed by atoms with Crippen molar-refractivity contribution >= 4 is 12.1 Å². The average molecular weight is 392 g/mol. The lowest BCUT2D eigenvalue weighted by Gasteiger charge is -2.07. The summed E-state index contributed by atoms with van der Waals surface area (Å²) in [6, 6.07) is 21.0. The number of amides is 1. The van der Waals surface area contributed by atoms with Gasteiger partial charge in [0.1, 0.15) is 23.9 Å². The van der Waals surface area contributed by atoms with Gasteiger partial charge in [-0.25, -0.2) is 9.82 Å². The van der Waals surface area contributed by atoms with E-state index in [0.29, 0.717) is 12.4 Å². The summed E-state index contributed by atoms with van der Waals surface area (Å²) >= 11 is 0. The summed E-state index contributed by atoms with van der Waals surface area (Å²) < 4.78 is 23.8. The molecule has 3 aromatic rings. The number of ether oxygens (including phenoxy) is 2. The highest BCUT2D eigenvalue weighted by Crippen LogP contribution is 2.14. The van der Waals surface area contributed by atoms with Crippen molar-refractivity contribution in [3.05, 3.63) is 95.3 Å². The van der Waals surface area contributed by atoms with Crippen molar-refractivity contribution in [1.82, 2.24) is 5.43 Å². The zero-order valence-corrected chi connectivity index (χ0v) is 16.0. The van der Waals surface area contributed by atoms with Crippen LogP contribution >= 0.6 is 0 Å². The van der Waals surface area contributed by atoms with Crippen LogP contribution in [-0.4, -0.2) is 18.7 Å². The Morgan fingerprint density at radius 1 is 0.931 bits per heavy atom. The predicted molar refractivity (Wildman–Crippen MR) is 110 cm³/mol. The fourth-order valence-corrected chi connectivity index (χ4v) is 2.39. The third-order valence-electron chi connectivity index (χ3n) is 3.99. The first-order valence-corrected chi connectivity index (χ1v) is 9.07. The van der Waals surface area contributed by atoms with Crippen molar-refractivity contribution in [2.75, 3.05) is 6.61 Å². The van der Waals surface area contributed by atoms with Crippen LogP contribution in [0.3, 0.4) is 0 Å². The largest absolute Gasteiger partial charge is 0.489 e. The minimum absolute atomic E-state index is 0.214. The van der Waals surface area contributed by atoms with Gasteiger partial charge >= 0.3 is 0 Å². The molecule has 1 N–H and O–H groups in total. The Bertz CT molecular complexity index is 953. The minimum atomic E-state index is -0.413. The fraction of sp³-hybridized carbons (Fsp3) is 0.130. The number of hydrazone groups is 1. The smallest absolute Gasteiger partial charge is 0.277 e. The lowest BCUT2D eigenvalue weighted by Crippen LogP contribution is -2.24. The van der Waals surface area contributed by atoms with Gasteiger partial charge in [-0.05, 0) is 66.6 Å². The van der Waals surface area contributed by atoms with Gasteiger partial charge in [-0.1, -0.05) is 29.8 Å². The van der Waals surface area contributed by atoms with E-state index >= 15 is 0 Å². The average Bonchev–Trinajstić information content (AvgIpc) is 2.74. The van der Waals surface area contributed by atoms with Crippen LogP contribution in [0, 0.1) is 12.7 Å². The molecule has 0 unspecified atom stereocenters. The first-order valence-electron chi connectivity index (χ1n) is 9.07. The number of nitrogens with one attached hydrogen (secondary N) is 1. The van der Waals surface area contributed by atoms with Crippen LogP contribution in [0.25, 0.3) is 0 Å². The van der Waals surface area contributed by atoms with E-state index in [2.05, 4.69) is 22.7 Å². The van der Waals surface area contributed by atoms with E-state index in [1.165, 1.54) is 36.0 Å². The third kappa shape index (κ3) is 6.77. The van der Waals surface area contributed by atoms with E-state index in [4.69, 9.17) is 9.47 Å². The zero-order valence-electron chi connectivity index (χ0n) is 16.0. The molecule has 0 saturated heterocycles. The predicted octanol–water partition coefficient (Wildman–Crippen LogP) is 4.24. The van der Waals surface area contributed by atoms with Crippen molar-refractivity contribution in [2.24, 2.45) is 5.10 Å². The second-order valence-electron chi connectivity index (χ2n) is 6.38. The molecule has 5 nitrogen and oxygen atoms in total. The number of hydrogen-bond donors (Lipinski definition) is 1. The van der Waals surface area contributed by atoms with Gasteiger partial charge in [0.2, 0.25) is 0 Å². The normalized spacial score (nSPS) is 10.7. The number of rotatable bonds is 8. The van der Waals surface area contributed by atoms with E-state index in [0.717, 1.165) is 16.9 Å². The first kappa shape index (κ1) is 20.1. The summed E-state index contributed by atoms with van der Waals surface area (Å²) in [5.74, 6) is 0.382. The Hall–Kier alpha value is -3.67. The van der Waals surface area contributed by atoms with Crippen LogP contribution in [0.5, 0.6) is 11.5 Å². The van der Waals surface area contributed by atoms with Crippen LogP contribution in [-0.2, 0) is 11.4 Å². The summed E-state index contributed by atoms with van der Waals surface area (Å²) in [7, 11) is 0. The van der Waals surface area contributed by atoms with E-state index in [9.17, 15) is 9.18 Å². The SMILES string of the molecule is Cc1ccc(COc2ccc(/C=N/NC(=O)COc3ccc(F)cc3)cc2)cc1. The van der Waals surface area contributed by atoms with Crippen molar-refractivity contribution in [3.8, 4) is 11.5 Å². The molecule has 0 heterocycles. The first-order chi connectivity index (χ1) is 14.1. The Balaban J connectivity index is 1.41. The van der Waals surface area contributed by atoms with Gasteiger partial charge in [0.15, 0.2) is 6.61 Å². The molecule has 29 heavy (non-hydrogen) atoms. The van der Waals surface area contributed by atoms with Crippen molar-refractivity contribution < 1.29 is 18.7 Å². The molecular weight excluding hydrogens is 371 g/mol. The standard InChI is InChI=1S/C23H21FN2O3/c1-17-2-4-19(5-3-17)15-28-21-10-6-18(7-11-21)14-25-26-23(27)16-29-22-12-8-20(24)9-13-22/h2-14H,15-16H2,1H3,(H,26,27)/b25-14+. The zero-order chi connectivity index (χ0) is 20.5. The van der Waals surface area contributed by atoms with Crippen LogP contribution in [0.4, 0.5) is 4.39 Å². The van der Waals surface area contributed by atoms with Gasteiger partial charge in [-0.2, -0.15) is 5.10 Å². The van der Waals surface area contributed by atoms with Crippen molar-refractivity contribution in [2.45, 2.75) is 13.5 Å². The third-order valence-corrected chi connectivity index (χ3v) is 3.99. The lowest BCUT2D eigenvalue weighted by atomic mass is 10.2. The molecule has 6 heteroatoms. The second kappa shape index (κ2) is 10.0. The van der Waals surface area contributed by atoms with Crippen molar-refractivity contribution in [1.29, 1.82) is 0 Å². The molecule has 0 atom stereocenters. The lowest BCUT2D eigenvalue weighted by molar-refractivity contribution is -0.123. The molecule has 0 saturated carbocycles. The number of nitrogens with zero attached hydrogens (tertiary/aromatic N) is 1. The summed E-state index contributed by atoms with van der Waals surface area (Å²) in [5.41, 5.74) is 5.51. The number of hydrogen-bond acceptors (Lipinski definition) is 4. The number of carbonyl (C=O) groups excluding carboxylic acids is 1. The summed E-state index contributed by atoms with van der Waals surface area (Å²) in [6.45, 7) is 2.33. The molecule has 0 aliphatic carbocycles. The minimum Gasteiger partial charge on any atom is -0.489 e. The molecule has 3 aromatic carbocycles. The number of benzene rings is 3. The second-order valence-corrected chi connectivity index (χ2v) is 6.38.